The summed E-state index contributed by atoms with van der Waals surface area (Å²) in [4.78, 5) is 38.9. The highest BCUT2D eigenvalue weighted by molar-refractivity contribution is 5.94. The van der Waals surface area contributed by atoms with Gasteiger partial charge in [-0.25, -0.2) is 9.59 Å². The van der Waals surface area contributed by atoms with Gasteiger partial charge in [-0.2, -0.15) is 0 Å². The predicted molar refractivity (Wildman–Crippen MR) is 124 cm³/mol. The number of hydrogen-bond donors (Lipinski definition) is 2. The molecule has 3 atom stereocenters. The van der Waals surface area contributed by atoms with Crippen LogP contribution >= 0.6 is 0 Å². The van der Waals surface area contributed by atoms with Gasteiger partial charge >= 0.3 is 12.1 Å². The highest BCUT2D eigenvalue weighted by Gasteiger charge is 2.68. The molecule has 6 rings (SSSR count). The topological polar surface area (TPSA) is 95.9 Å². The molecule has 34 heavy (non-hydrogen) atoms. The lowest BCUT2D eigenvalue weighted by Crippen LogP contribution is -2.48. The van der Waals surface area contributed by atoms with E-state index in [4.69, 9.17) is 4.74 Å². The smallest absolute Gasteiger partial charge is 0.407 e. The van der Waals surface area contributed by atoms with E-state index < -0.39 is 23.0 Å². The average molecular weight is 461 g/mol. The predicted octanol–water partition coefficient (Wildman–Crippen LogP) is 3.77. The van der Waals surface area contributed by atoms with Crippen LogP contribution in [0.5, 0.6) is 0 Å². The van der Waals surface area contributed by atoms with Crippen LogP contribution in [-0.4, -0.2) is 53.2 Å². The lowest BCUT2D eigenvalue weighted by atomic mass is 9.98. The van der Waals surface area contributed by atoms with Crippen LogP contribution in [-0.2, 0) is 14.3 Å². The van der Waals surface area contributed by atoms with Gasteiger partial charge in [-0.05, 0) is 60.3 Å². The average Bonchev–Trinajstić information content (AvgIpc) is 3.72. The first-order chi connectivity index (χ1) is 16.4. The fraction of sp³-hybridized carbons (Fsp3) is 0.444. The Labute approximate surface area is 198 Å². The van der Waals surface area contributed by atoms with Gasteiger partial charge in [0.25, 0.3) is 0 Å². The molecule has 0 heterocycles. The molecule has 4 aliphatic carbocycles. The molecule has 2 amide bonds. The summed E-state index contributed by atoms with van der Waals surface area (Å²) in [5.41, 5.74) is 3.14. The molecule has 0 aromatic heterocycles. The number of carboxylic acids is 1. The fourth-order valence-electron chi connectivity index (χ4n) is 6.41. The number of rotatable bonds is 6. The van der Waals surface area contributed by atoms with E-state index in [1.54, 1.807) is 7.05 Å². The molecule has 0 bridgehead atoms. The molecule has 4 aliphatic rings. The minimum atomic E-state index is -1.03. The summed E-state index contributed by atoms with van der Waals surface area (Å²) in [5, 5.41) is 12.5. The largest absolute Gasteiger partial charge is 0.479 e. The molecule has 7 nitrogen and oxygen atoms in total. The minimum Gasteiger partial charge on any atom is -0.479 e. The molecule has 3 fully saturated rings. The lowest BCUT2D eigenvalue weighted by molar-refractivity contribution is -0.153. The maximum Gasteiger partial charge on any atom is 0.407 e. The van der Waals surface area contributed by atoms with Crippen molar-refractivity contribution >= 4 is 18.0 Å². The van der Waals surface area contributed by atoms with Crippen LogP contribution < -0.4 is 5.32 Å². The fourth-order valence-corrected chi connectivity index (χ4v) is 6.41. The van der Waals surface area contributed by atoms with Crippen molar-refractivity contribution in [3.05, 3.63) is 59.7 Å². The van der Waals surface area contributed by atoms with Gasteiger partial charge in [0, 0.05) is 19.0 Å². The third-order valence-electron chi connectivity index (χ3n) is 8.57. The minimum absolute atomic E-state index is 0.00227. The number of fused-ring (bicyclic) bond motifs is 4. The number of ether oxygens (including phenoxy) is 1. The number of alkyl carbamates (subject to hydrolysis) is 1. The van der Waals surface area contributed by atoms with Gasteiger partial charge in [-0.1, -0.05) is 48.5 Å². The molecule has 0 saturated heterocycles. The second-order valence-corrected chi connectivity index (χ2v) is 10.4. The second kappa shape index (κ2) is 7.32. The molecule has 176 valence electrons. The number of aliphatic carboxylic acids is 1. The number of likely N-dealkylation sites (N-methyl/N-ethyl adjacent to an activating group) is 1. The second-order valence-electron chi connectivity index (χ2n) is 10.4. The summed E-state index contributed by atoms with van der Waals surface area (Å²) in [6.07, 6.45) is 2.59. The highest BCUT2D eigenvalue weighted by atomic mass is 16.5. The van der Waals surface area contributed by atoms with Gasteiger partial charge in [0.05, 0.1) is 5.41 Å². The van der Waals surface area contributed by atoms with E-state index >= 15 is 0 Å². The lowest BCUT2D eigenvalue weighted by Gasteiger charge is -2.29. The zero-order valence-corrected chi connectivity index (χ0v) is 19.1. The summed E-state index contributed by atoms with van der Waals surface area (Å²) in [5.74, 6) is -0.814. The molecule has 2 N–H and O–H groups in total. The van der Waals surface area contributed by atoms with Crippen molar-refractivity contribution in [2.24, 2.45) is 11.3 Å². The van der Waals surface area contributed by atoms with Gasteiger partial charge in [0.15, 0.2) is 0 Å². The first-order valence-corrected chi connectivity index (χ1v) is 12.0. The molecular formula is C27H28N2O5. The maximum absolute atomic E-state index is 13.2. The normalized spacial score (nSPS) is 27.2. The molecular weight excluding hydrogens is 432 g/mol. The Balaban J connectivity index is 1.07. The Kier molecular flexibility index (Phi) is 4.57. The Hall–Kier alpha value is -3.35. The van der Waals surface area contributed by atoms with Gasteiger partial charge in [0.1, 0.15) is 12.1 Å². The summed E-state index contributed by atoms with van der Waals surface area (Å²) in [6, 6.07) is 16.3. The molecule has 0 aliphatic heterocycles. The number of nitrogens with one attached hydrogen (secondary N) is 1. The highest BCUT2D eigenvalue weighted by Crippen LogP contribution is 2.65. The van der Waals surface area contributed by atoms with Crippen LogP contribution in [0.1, 0.15) is 49.1 Å². The number of carbonyl (C=O) groups is 3. The van der Waals surface area contributed by atoms with Gasteiger partial charge in [0.2, 0.25) is 5.91 Å². The van der Waals surface area contributed by atoms with Gasteiger partial charge in [-0.3, -0.25) is 4.79 Å². The van der Waals surface area contributed by atoms with E-state index in [0.29, 0.717) is 19.3 Å². The van der Waals surface area contributed by atoms with Gasteiger partial charge < -0.3 is 20.1 Å². The number of carbonyl (C=O) groups excluding carboxylic acids is 2. The number of hydrogen-bond acceptors (Lipinski definition) is 4. The summed E-state index contributed by atoms with van der Waals surface area (Å²) < 4.78 is 5.67. The Morgan fingerprint density at radius 2 is 1.65 bits per heavy atom. The third kappa shape index (κ3) is 3.06. The quantitative estimate of drug-likeness (QED) is 0.684. The summed E-state index contributed by atoms with van der Waals surface area (Å²) in [7, 11) is 1.61. The van der Waals surface area contributed by atoms with E-state index in [2.05, 4.69) is 29.6 Å². The van der Waals surface area contributed by atoms with Gasteiger partial charge in [-0.15, -0.1) is 0 Å². The van der Waals surface area contributed by atoms with E-state index in [1.807, 2.05) is 24.3 Å². The SMILES string of the molecule is CN(C(=O)C12CC(NC(=O)OCC3c4ccccc4-c4ccccc43)CC1C2)C1(C(=O)O)CC1. The summed E-state index contributed by atoms with van der Waals surface area (Å²) >= 11 is 0. The van der Waals surface area contributed by atoms with Crippen LogP contribution in [0.15, 0.2) is 48.5 Å². The molecule has 0 radical (unpaired) electrons. The zero-order chi connectivity index (χ0) is 23.7. The van der Waals surface area contributed by atoms with E-state index in [1.165, 1.54) is 27.2 Å². The summed E-state index contributed by atoms with van der Waals surface area (Å²) in [6.45, 7) is 0.254. The van der Waals surface area contributed by atoms with Crippen molar-refractivity contribution < 1.29 is 24.2 Å². The molecule has 3 saturated carbocycles. The molecule has 7 heteroatoms. The Morgan fingerprint density at radius 1 is 1.03 bits per heavy atom. The first-order valence-electron chi connectivity index (χ1n) is 12.0. The van der Waals surface area contributed by atoms with E-state index in [0.717, 1.165) is 12.8 Å². The van der Waals surface area contributed by atoms with Crippen molar-refractivity contribution in [1.29, 1.82) is 0 Å². The first kappa shape index (κ1) is 21.2. The van der Waals surface area contributed by atoms with Crippen LogP contribution in [0.3, 0.4) is 0 Å². The van der Waals surface area contributed by atoms with Crippen molar-refractivity contribution in [2.45, 2.75) is 49.6 Å². The maximum atomic E-state index is 13.2. The Morgan fingerprint density at radius 3 is 2.24 bits per heavy atom. The van der Waals surface area contributed by atoms with Crippen LogP contribution in [0.4, 0.5) is 4.79 Å². The Bertz CT molecular complexity index is 1160. The number of amides is 2. The van der Waals surface area contributed by atoms with Crippen LogP contribution in [0.25, 0.3) is 11.1 Å². The third-order valence-corrected chi connectivity index (χ3v) is 8.57. The van der Waals surface area contributed by atoms with Crippen molar-refractivity contribution in [2.75, 3.05) is 13.7 Å². The van der Waals surface area contributed by atoms with E-state index in [9.17, 15) is 19.5 Å². The molecule has 2 aromatic carbocycles. The number of carboxylic acid groups (broad SMARTS) is 1. The van der Waals surface area contributed by atoms with Crippen molar-refractivity contribution in [3.8, 4) is 11.1 Å². The standard InChI is InChI=1S/C27H28N2O5/c1-29(27(10-11-27)24(31)32)23(30)26-13-16(26)12-17(14-26)28-25(33)34-15-22-20-8-4-2-6-18(20)19-7-3-5-9-21(19)22/h2-9,16-17,22H,10-15H2,1H3,(H,28,33)(H,31,32). The number of nitrogens with zero attached hydrogens (tertiary/aromatic N) is 1. The zero-order valence-electron chi connectivity index (χ0n) is 19.1. The monoisotopic (exact) mass is 460 g/mol. The van der Waals surface area contributed by atoms with Crippen molar-refractivity contribution in [3.63, 3.8) is 0 Å². The molecule has 0 spiro atoms. The van der Waals surface area contributed by atoms with Crippen LogP contribution in [0.2, 0.25) is 0 Å². The number of benzene rings is 2. The van der Waals surface area contributed by atoms with Crippen LogP contribution in [0, 0.1) is 11.3 Å². The molecule has 3 unspecified atom stereocenters. The van der Waals surface area contributed by atoms with E-state index in [-0.39, 0.29) is 30.4 Å². The molecule has 2 aromatic rings. The van der Waals surface area contributed by atoms with Crippen molar-refractivity contribution in [1.82, 2.24) is 10.2 Å².